The number of carbonyl (C=O) groups excluding carboxylic acids is 1. The molecule has 0 aliphatic carbocycles. The number of carbonyl (C=O) groups is 1. The molecule has 0 unspecified atom stereocenters. The zero-order chi connectivity index (χ0) is 15.5. The smallest absolute Gasteiger partial charge is 0.227 e. The average Bonchev–Trinajstić information content (AvgIpc) is 2.86. The summed E-state index contributed by atoms with van der Waals surface area (Å²) in [5.74, 6) is 0.261. The second-order valence-electron chi connectivity index (χ2n) is 6.95. The zero-order valence-corrected chi connectivity index (χ0v) is 13.7. The van der Waals surface area contributed by atoms with Gasteiger partial charge in [-0.3, -0.25) is 9.48 Å². The number of amides is 1. The predicted molar refractivity (Wildman–Crippen MR) is 85.2 cm³/mol. The minimum Gasteiger partial charge on any atom is -0.380 e. The number of nitrogens with one attached hydrogen (secondary N) is 1. The Kier molecular flexibility index (Phi) is 4.91. The fraction of sp³-hybridized carbons (Fsp3) is 0.750. The molecule has 1 aromatic rings. The molecule has 0 saturated carbocycles. The van der Waals surface area contributed by atoms with Crippen molar-refractivity contribution in [1.82, 2.24) is 14.7 Å². The van der Waals surface area contributed by atoms with Crippen LogP contribution in [0.25, 0.3) is 0 Å². The van der Waals surface area contributed by atoms with E-state index in [0.29, 0.717) is 6.04 Å². The molecule has 118 valence electrons. The molecule has 1 aromatic heterocycles. The van der Waals surface area contributed by atoms with Gasteiger partial charge in [0.15, 0.2) is 0 Å². The third-order valence-electron chi connectivity index (χ3n) is 3.88. The molecule has 1 amide bonds. The molecule has 2 heterocycles. The van der Waals surface area contributed by atoms with E-state index in [2.05, 4.69) is 23.5 Å². The number of piperidine rings is 1. The number of anilines is 1. The van der Waals surface area contributed by atoms with Crippen LogP contribution < -0.4 is 5.32 Å². The molecule has 0 bridgehead atoms. The predicted octanol–water partition coefficient (Wildman–Crippen LogP) is 2.74. The van der Waals surface area contributed by atoms with Crippen molar-refractivity contribution >= 4 is 11.6 Å². The van der Waals surface area contributed by atoms with Gasteiger partial charge in [-0.1, -0.05) is 27.7 Å². The molecule has 0 spiro atoms. The third kappa shape index (κ3) is 4.22. The monoisotopic (exact) mass is 292 g/mol. The van der Waals surface area contributed by atoms with Crippen LogP contribution in [0, 0.1) is 5.41 Å². The highest BCUT2D eigenvalue weighted by Gasteiger charge is 2.30. The topological polar surface area (TPSA) is 50.2 Å². The van der Waals surface area contributed by atoms with Crippen molar-refractivity contribution in [3.8, 4) is 0 Å². The maximum atomic E-state index is 12.3. The quantitative estimate of drug-likeness (QED) is 0.928. The van der Waals surface area contributed by atoms with Gasteiger partial charge in [0.1, 0.15) is 0 Å². The Labute approximate surface area is 127 Å². The Bertz CT molecular complexity index is 467. The van der Waals surface area contributed by atoms with E-state index in [0.717, 1.165) is 44.6 Å². The van der Waals surface area contributed by atoms with Crippen molar-refractivity contribution in [1.29, 1.82) is 0 Å². The van der Waals surface area contributed by atoms with Crippen LogP contribution in [0.5, 0.6) is 0 Å². The summed E-state index contributed by atoms with van der Waals surface area (Å²) in [5.41, 5.74) is 0.811. The van der Waals surface area contributed by atoms with Gasteiger partial charge in [-0.15, -0.1) is 0 Å². The molecule has 0 aromatic carbocycles. The van der Waals surface area contributed by atoms with E-state index in [-0.39, 0.29) is 11.3 Å². The Morgan fingerprint density at radius 1 is 1.38 bits per heavy atom. The van der Waals surface area contributed by atoms with Crippen LogP contribution >= 0.6 is 0 Å². The molecule has 1 saturated heterocycles. The van der Waals surface area contributed by atoms with Gasteiger partial charge >= 0.3 is 0 Å². The normalized spacial score (nSPS) is 17.0. The average molecular weight is 292 g/mol. The number of likely N-dealkylation sites (tertiary alicyclic amines) is 1. The van der Waals surface area contributed by atoms with Crippen LogP contribution in [0.2, 0.25) is 0 Å². The minimum absolute atomic E-state index is 0.261. The fourth-order valence-corrected chi connectivity index (χ4v) is 2.73. The van der Waals surface area contributed by atoms with E-state index in [1.165, 1.54) is 0 Å². The van der Waals surface area contributed by atoms with Crippen LogP contribution in [0.15, 0.2) is 12.4 Å². The molecule has 5 nitrogen and oxygen atoms in total. The summed E-state index contributed by atoms with van der Waals surface area (Å²) in [4.78, 5) is 14.3. The van der Waals surface area contributed by atoms with E-state index in [1.807, 2.05) is 36.5 Å². The van der Waals surface area contributed by atoms with Crippen molar-refractivity contribution in [3.05, 3.63) is 12.4 Å². The van der Waals surface area contributed by atoms with Gasteiger partial charge in [-0.2, -0.15) is 5.10 Å². The zero-order valence-electron chi connectivity index (χ0n) is 13.7. The Hall–Kier alpha value is -1.52. The maximum Gasteiger partial charge on any atom is 0.227 e. The van der Waals surface area contributed by atoms with Gasteiger partial charge < -0.3 is 10.2 Å². The molecule has 0 atom stereocenters. The highest BCUT2D eigenvalue weighted by molar-refractivity contribution is 5.81. The maximum absolute atomic E-state index is 12.3. The van der Waals surface area contributed by atoms with E-state index in [9.17, 15) is 4.79 Å². The summed E-state index contributed by atoms with van der Waals surface area (Å²) < 4.78 is 1.97. The first-order valence-electron chi connectivity index (χ1n) is 7.98. The van der Waals surface area contributed by atoms with Crippen LogP contribution in [0.4, 0.5) is 5.69 Å². The molecule has 1 N–H and O–H groups in total. The first-order chi connectivity index (χ1) is 9.90. The second-order valence-corrected chi connectivity index (χ2v) is 6.95. The lowest BCUT2D eigenvalue weighted by molar-refractivity contribution is -0.140. The summed E-state index contributed by atoms with van der Waals surface area (Å²) in [6, 6.07) is 0.438. The van der Waals surface area contributed by atoms with Crippen LogP contribution in [-0.4, -0.2) is 39.7 Å². The lowest BCUT2D eigenvalue weighted by Crippen LogP contribution is -2.46. The Morgan fingerprint density at radius 2 is 2.05 bits per heavy atom. The third-order valence-corrected chi connectivity index (χ3v) is 3.88. The molecule has 1 aliphatic rings. The number of nitrogens with zero attached hydrogens (tertiary/aromatic N) is 3. The number of aromatic nitrogens is 2. The lowest BCUT2D eigenvalue weighted by Gasteiger charge is -2.36. The molecule has 2 rings (SSSR count). The number of aryl methyl sites for hydroxylation is 1. The molecular weight excluding hydrogens is 264 g/mol. The van der Waals surface area contributed by atoms with Gasteiger partial charge in [-0.25, -0.2) is 0 Å². The fourth-order valence-electron chi connectivity index (χ4n) is 2.73. The van der Waals surface area contributed by atoms with Gasteiger partial charge in [0.2, 0.25) is 5.91 Å². The minimum atomic E-state index is -0.276. The molecule has 1 fully saturated rings. The summed E-state index contributed by atoms with van der Waals surface area (Å²) in [6.45, 7) is 10.8. The highest BCUT2D eigenvalue weighted by atomic mass is 16.2. The molecular formula is C16H28N4O. The summed E-state index contributed by atoms with van der Waals surface area (Å²) in [6.07, 6.45) is 7.05. The largest absolute Gasteiger partial charge is 0.380 e. The van der Waals surface area contributed by atoms with Crippen molar-refractivity contribution in [3.63, 3.8) is 0 Å². The second kappa shape index (κ2) is 6.50. The first-order valence-corrected chi connectivity index (χ1v) is 7.98. The van der Waals surface area contributed by atoms with E-state index >= 15 is 0 Å². The summed E-state index contributed by atoms with van der Waals surface area (Å²) >= 11 is 0. The standard InChI is InChI=1S/C16H28N4O/c1-5-8-20-12-14(11-17-20)18-13-6-9-19(10-7-13)15(21)16(2,3)4/h11-13,18H,5-10H2,1-4H3. The lowest BCUT2D eigenvalue weighted by atomic mass is 9.93. The molecule has 0 radical (unpaired) electrons. The van der Waals surface area contributed by atoms with Crippen LogP contribution in [-0.2, 0) is 11.3 Å². The van der Waals surface area contributed by atoms with Gasteiger partial charge in [0.25, 0.3) is 0 Å². The van der Waals surface area contributed by atoms with Crippen molar-refractivity contribution < 1.29 is 4.79 Å². The molecule has 5 heteroatoms. The van der Waals surface area contributed by atoms with Crippen LogP contribution in [0.1, 0.15) is 47.0 Å². The number of hydrogen-bond donors (Lipinski definition) is 1. The SMILES string of the molecule is CCCn1cc(NC2CCN(C(=O)C(C)(C)C)CC2)cn1. The summed E-state index contributed by atoms with van der Waals surface area (Å²) in [7, 11) is 0. The van der Waals surface area contributed by atoms with E-state index in [1.54, 1.807) is 0 Å². The highest BCUT2D eigenvalue weighted by Crippen LogP contribution is 2.22. The van der Waals surface area contributed by atoms with Gasteiger partial charge in [-0.05, 0) is 19.3 Å². The molecule has 21 heavy (non-hydrogen) atoms. The number of hydrogen-bond acceptors (Lipinski definition) is 3. The van der Waals surface area contributed by atoms with Gasteiger partial charge in [0.05, 0.1) is 11.9 Å². The van der Waals surface area contributed by atoms with Crippen molar-refractivity contribution in [2.45, 2.75) is 59.5 Å². The Balaban J connectivity index is 1.82. The summed E-state index contributed by atoms with van der Waals surface area (Å²) in [5, 5.41) is 7.87. The number of rotatable bonds is 4. The van der Waals surface area contributed by atoms with E-state index < -0.39 is 0 Å². The first kappa shape index (κ1) is 15.9. The van der Waals surface area contributed by atoms with E-state index in [4.69, 9.17) is 0 Å². The van der Waals surface area contributed by atoms with Crippen LogP contribution in [0.3, 0.4) is 0 Å². The molecule has 1 aliphatic heterocycles. The van der Waals surface area contributed by atoms with Crippen molar-refractivity contribution in [2.75, 3.05) is 18.4 Å². The van der Waals surface area contributed by atoms with Crippen molar-refractivity contribution in [2.24, 2.45) is 5.41 Å². The van der Waals surface area contributed by atoms with Gasteiger partial charge in [0, 0.05) is 37.3 Å². The Morgan fingerprint density at radius 3 is 2.62 bits per heavy atom.